The van der Waals surface area contributed by atoms with E-state index in [1.54, 1.807) is 6.07 Å². The summed E-state index contributed by atoms with van der Waals surface area (Å²) in [7, 11) is 0. The van der Waals surface area contributed by atoms with Gasteiger partial charge in [-0.15, -0.1) is 24.9 Å². The Morgan fingerprint density at radius 2 is 2.07 bits per heavy atom. The molecule has 0 unspecified atom stereocenters. The quantitative estimate of drug-likeness (QED) is 0.613. The van der Waals surface area contributed by atoms with E-state index in [0.717, 1.165) is 4.90 Å². The van der Waals surface area contributed by atoms with Gasteiger partial charge in [-0.1, -0.05) is 22.0 Å². The number of alkyl halides is 4. The molecule has 0 atom stereocenters. The second-order valence-corrected chi connectivity index (χ2v) is 4.63. The van der Waals surface area contributed by atoms with Gasteiger partial charge in [0.1, 0.15) is 5.75 Å². The van der Waals surface area contributed by atoms with Crippen LogP contribution in [0.5, 0.6) is 5.75 Å². The van der Waals surface area contributed by atoms with Gasteiger partial charge in [0.25, 0.3) is 0 Å². The minimum atomic E-state index is -4.63. The molecule has 0 N–H and O–H groups in total. The number of thioether (sulfide) groups is 1. The van der Waals surface area contributed by atoms with Gasteiger partial charge in [-0.25, -0.2) is 0 Å². The number of benzene rings is 1. The summed E-state index contributed by atoms with van der Waals surface area (Å²) >= 11 is 4.56. The Kier molecular flexibility index (Phi) is 4.12. The zero-order valence-electron chi connectivity index (χ0n) is 6.84. The fourth-order valence-corrected chi connectivity index (χ4v) is 2.12. The molecule has 78 valence electrons. The predicted molar refractivity (Wildman–Crippen MR) is 52.8 cm³/mol. The van der Waals surface area contributed by atoms with Crippen molar-refractivity contribution in [2.75, 3.05) is 4.66 Å². The number of halogens is 4. The van der Waals surface area contributed by atoms with Gasteiger partial charge >= 0.3 is 6.36 Å². The Hall–Kier alpha value is -0.360. The summed E-state index contributed by atoms with van der Waals surface area (Å²) < 4.78 is 39.8. The van der Waals surface area contributed by atoms with Gasteiger partial charge in [0, 0.05) is 4.90 Å². The summed E-state index contributed by atoms with van der Waals surface area (Å²) in [6.45, 7) is 0. The van der Waals surface area contributed by atoms with Crippen molar-refractivity contribution in [2.24, 2.45) is 0 Å². The topological polar surface area (TPSA) is 9.23 Å². The van der Waals surface area contributed by atoms with Crippen LogP contribution in [0.1, 0.15) is 0 Å². The van der Waals surface area contributed by atoms with Crippen LogP contribution in [-0.2, 0) is 0 Å². The zero-order valence-corrected chi connectivity index (χ0v) is 9.25. The van der Waals surface area contributed by atoms with Gasteiger partial charge in [0.05, 0.1) is 4.66 Å². The second kappa shape index (κ2) is 4.93. The van der Waals surface area contributed by atoms with Crippen LogP contribution in [0.15, 0.2) is 29.2 Å². The number of hydrogen-bond acceptors (Lipinski definition) is 2. The fraction of sp³-hybridized carbons (Fsp3) is 0.250. The smallest absolute Gasteiger partial charge is 0.406 e. The third kappa shape index (κ3) is 4.23. The first kappa shape index (κ1) is 11.7. The molecular weight excluding hydrogens is 281 g/mol. The molecule has 0 aliphatic heterocycles. The molecule has 1 aromatic rings. The SMILES string of the molecule is FC(F)(F)Oc1cccc(SCBr)c1. The maximum Gasteiger partial charge on any atom is 0.573 e. The van der Waals surface area contributed by atoms with E-state index in [9.17, 15) is 13.2 Å². The molecule has 0 spiro atoms. The van der Waals surface area contributed by atoms with Crippen molar-refractivity contribution in [3.8, 4) is 5.75 Å². The Bertz CT molecular complexity index is 303. The summed E-state index contributed by atoms with van der Waals surface area (Å²) in [5.74, 6) is -0.191. The lowest BCUT2D eigenvalue weighted by atomic mass is 10.3. The Labute approximate surface area is 91.8 Å². The van der Waals surface area contributed by atoms with Crippen molar-refractivity contribution >= 4 is 27.7 Å². The van der Waals surface area contributed by atoms with E-state index in [-0.39, 0.29) is 5.75 Å². The Morgan fingerprint density at radius 3 is 2.64 bits per heavy atom. The number of rotatable bonds is 3. The average molecular weight is 287 g/mol. The lowest BCUT2D eigenvalue weighted by Gasteiger charge is -2.09. The molecule has 1 rings (SSSR count). The zero-order chi connectivity index (χ0) is 10.6. The van der Waals surface area contributed by atoms with Gasteiger partial charge in [0.2, 0.25) is 0 Å². The molecule has 1 nitrogen and oxygen atoms in total. The second-order valence-electron chi connectivity index (χ2n) is 2.28. The summed E-state index contributed by atoms with van der Waals surface area (Å²) in [6.07, 6.45) is -4.63. The monoisotopic (exact) mass is 286 g/mol. The molecule has 1 aromatic carbocycles. The van der Waals surface area contributed by atoms with Gasteiger partial charge in [-0.3, -0.25) is 0 Å². The minimum absolute atomic E-state index is 0.191. The summed E-state index contributed by atoms with van der Waals surface area (Å²) in [5.41, 5.74) is 0. The van der Waals surface area contributed by atoms with E-state index in [2.05, 4.69) is 20.7 Å². The average Bonchev–Trinajstić information content (AvgIpc) is 2.02. The van der Waals surface area contributed by atoms with Gasteiger partial charge in [-0.2, -0.15) is 0 Å². The first-order valence-electron chi connectivity index (χ1n) is 3.56. The molecule has 14 heavy (non-hydrogen) atoms. The van der Waals surface area contributed by atoms with Gasteiger partial charge in [-0.05, 0) is 18.2 Å². The van der Waals surface area contributed by atoms with Gasteiger partial charge in [0.15, 0.2) is 0 Å². The Balaban J connectivity index is 2.73. The van der Waals surface area contributed by atoms with E-state index in [0.29, 0.717) is 4.66 Å². The lowest BCUT2D eigenvalue weighted by molar-refractivity contribution is -0.274. The van der Waals surface area contributed by atoms with Crippen molar-refractivity contribution in [2.45, 2.75) is 11.3 Å². The molecule has 0 aliphatic rings. The summed E-state index contributed by atoms with van der Waals surface area (Å²) in [5, 5.41) is 0. The first-order valence-corrected chi connectivity index (χ1v) is 5.66. The first-order chi connectivity index (χ1) is 6.51. The maximum atomic E-state index is 11.8. The van der Waals surface area contributed by atoms with E-state index >= 15 is 0 Å². The van der Waals surface area contributed by atoms with E-state index in [1.165, 1.54) is 30.0 Å². The molecule has 0 bridgehead atoms. The van der Waals surface area contributed by atoms with Crippen molar-refractivity contribution in [1.82, 2.24) is 0 Å². The largest absolute Gasteiger partial charge is 0.573 e. The molecule has 0 heterocycles. The van der Waals surface area contributed by atoms with Crippen LogP contribution in [0.4, 0.5) is 13.2 Å². The molecule has 0 saturated heterocycles. The lowest BCUT2D eigenvalue weighted by Crippen LogP contribution is -2.17. The van der Waals surface area contributed by atoms with Crippen LogP contribution in [-0.4, -0.2) is 11.0 Å². The molecule has 0 radical (unpaired) electrons. The highest BCUT2D eigenvalue weighted by Gasteiger charge is 2.31. The molecule has 0 aliphatic carbocycles. The van der Waals surface area contributed by atoms with Crippen molar-refractivity contribution in [3.05, 3.63) is 24.3 Å². The highest BCUT2D eigenvalue weighted by Crippen LogP contribution is 2.27. The molecule has 6 heteroatoms. The number of hydrogen-bond donors (Lipinski definition) is 0. The fourth-order valence-electron chi connectivity index (χ4n) is 0.824. The van der Waals surface area contributed by atoms with Crippen LogP contribution >= 0.6 is 27.7 Å². The van der Waals surface area contributed by atoms with Crippen LogP contribution in [0.25, 0.3) is 0 Å². The standard InChI is InChI=1S/C8H6BrF3OS/c9-5-14-7-3-1-2-6(4-7)13-8(10,11)12/h1-4H,5H2. The van der Waals surface area contributed by atoms with Crippen molar-refractivity contribution < 1.29 is 17.9 Å². The van der Waals surface area contributed by atoms with E-state index in [4.69, 9.17) is 0 Å². The summed E-state index contributed by atoms with van der Waals surface area (Å²) in [6, 6.07) is 5.85. The molecule has 0 fully saturated rings. The molecular formula is C8H6BrF3OS. The highest BCUT2D eigenvalue weighted by molar-refractivity contribution is 9.11. The molecule has 0 saturated carbocycles. The van der Waals surface area contributed by atoms with Crippen molar-refractivity contribution in [3.63, 3.8) is 0 Å². The third-order valence-electron chi connectivity index (χ3n) is 1.26. The van der Waals surface area contributed by atoms with E-state index in [1.807, 2.05) is 0 Å². The third-order valence-corrected chi connectivity index (χ3v) is 2.64. The van der Waals surface area contributed by atoms with Crippen LogP contribution in [0.3, 0.4) is 0 Å². The molecule has 0 aromatic heterocycles. The van der Waals surface area contributed by atoms with Crippen LogP contribution < -0.4 is 4.74 Å². The normalized spacial score (nSPS) is 11.4. The molecule has 0 amide bonds. The van der Waals surface area contributed by atoms with Crippen molar-refractivity contribution in [1.29, 1.82) is 0 Å². The highest BCUT2D eigenvalue weighted by atomic mass is 79.9. The number of ether oxygens (including phenoxy) is 1. The van der Waals surface area contributed by atoms with Gasteiger partial charge < -0.3 is 4.74 Å². The summed E-state index contributed by atoms with van der Waals surface area (Å²) in [4.78, 5) is 0.726. The van der Waals surface area contributed by atoms with E-state index < -0.39 is 6.36 Å². The maximum absolute atomic E-state index is 11.8. The predicted octanol–water partition coefficient (Wildman–Crippen LogP) is 4.03. The Morgan fingerprint density at radius 1 is 1.36 bits per heavy atom. The minimum Gasteiger partial charge on any atom is -0.406 e. The van der Waals surface area contributed by atoms with Crippen LogP contribution in [0, 0.1) is 0 Å². The van der Waals surface area contributed by atoms with Crippen LogP contribution in [0.2, 0.25) is 0 Å².